The van der Waals surface area contributed by atoms with Gasteiger partial charge in [-0.2, -0.15) is 0 Å². The summed E-state index contributed by atoms with van der Waals surface area (Å²) in [5, 5.41) is 3.09. The van der Waals surface area contributed by atoms with E-state index < -0.39 is 0 Å². The summed E-state index contributed by atoms with van der Waals surface area (Å²) < 4.78 is 10.5. The van der Waals surface area contributed by atoms with Gasteiger partial charge in [0, 0.05) is 37.6 Å². The Labute approximate surface area is 147 Å². The van der Waals surface area contributed by atoms with Gasteiger partial charge in [0.25, 0.3) is 5.91 Å². The summed E-state index contributed by atoms with van der Waals surface area (Å²) in [4.78, 5) is 23.3. The van der Waals surface area contributed by atoms with Crippen LogP contribution in [-0.2, 0) is 0 Å². The van der Waals surface area contributed by atoms with Gasteiger partial charge in [-0.05, 0) is 31.0 Å². The van der Waals surface area contributed by atoms with Crippen molar-refractivity contribution < 1.29 is 14.3 Å². The molecule has 0 radical (unpaired) electrons. The molecular weight excluding hydrogens is 320 g/mol. The summed E-state index contributed by atoms with van der Waals surface area (Å²) in [5.74, 6) is 1.69. The molecular formula is C18H22N4O3. The van der Waals surface area contributed by atoms with Gasteiger partial charge < -0.3 is 19.7 Å². The summed E-state index contributed by atoms with van der Waals surface area (Å²) in [5.41, 5.74) is 0.497. The quantitative estimate of drug-likeness (QED) is 0.894. The number of methoxy groups -OCH3 is 2. The van der Waals surface area contributed by atoms with Crippen LogP contribution in [0.4, 0.5) is 5.95 Å². The van der Waals surface area contributed by atoms with Crippen LogP contribution in [0, 0.1) is 0 Å². The molecule has 1 fully saturated rings. The third-order valence-electron chi connectivity index (χ3n) is 4.24. The number of rotatable bonds is 5. The van der Waals surface area contributed by atoms with E-state index >= 15 is 0 Å². The minimum atomic E-state index is -0.152. The summed E-state index contributed by atoms with van der Waals surface area (Å²) in [6, 6.07) is 7.01. The Morgan fingerprint density at radius 1 is 1.24 bits per heavy atom. The predicted molar refractivity (Wildman–Crippen MR) is 94.3 cm³/mol. The van der Waals surface area contributed by atoms with Gasteiger partial charge in [-0.3, -0.25) is 4.79 Å². The topological polar surface area (TPSA) is 76.6 Å². The first-order chi connectivity index (χ1) is 12.2. The summed E-state index contributed by atoms with van der Waals surface area (Å²) in [6.07, 6.45) is 5.36. The fourth-order valence-corrected chi connectivity index (χ4v) is 2.98. The summed E-state index contributed by atoms with van der Waals surface area (Å²) >= 11 is 0. The average Bonchev–Trinajstić information content (AvgIpc) is 2.68. The molecule has 1 atom stereocenters. The number of piperidine rings is 1. The van der Waals surface area contributed by atoms with E-state index in [0.29, 0.717) is 29.6 Å². The molecule has 3 rings (SSSR count). The number of carbonyl (C=O) groups excluding carboxylic acids is 1. The second-order valence-corrected chi connectivity index (χ2v) is 5.87. The van der Waals surface area contributed by atoms with Crippen LogP contribution in [0.15, 0.2) is 36.7 Å². The van der Waals surface area contributed by atoms with Crippen molar-refractivity contribution in [2.24, 2.45) is 0 Å². The van der Waals surface area contributed by atoms with Crippen LogP contribution in [0.3, 0.4) is 0 Å². The van der Waals surface area contributed by atoms with E-state index in [-0.39, 0.29) is 11.9 Å². The molecule has 1 aliphatic rings. The molecule has 1 amide bonds. The van der Waals surface area contributed by atoms with Crippen LogP contribution < -0.4 is 19.7 Å². The van der Waals surface area contributed by atoms with Crippen LogP contribution in [0.1, 0.15) is 23.2 Å². The third kappa shape index (κ3) is 3.99. The lowest BCUT2D eigenvalue weighted by atomic mass is 10.0. The van der Waals surface area contributed by atoms with Gasteiger partial charge in [-0.15, -0.1) is 0 Å². The molecule has 0 saturated carbocycles. The molecule has 2 heterocycles. The van der Waals surface area contributed by atoms with E-state index in [2.05, 4.69) is 20.2 Å². The maximum Gasteiger partial charge on any atom is 0.255 e. The molecule has 1 aromatic carbocycles. The number of carbonyl (C=O) groups is 1. The van der Waals surface area contributed by atoms with E-state index in [0.717, 1.165) is 19.4 Å². The Bertz CT molecular complexity index is 724. The average molecular weight is 342 g/mol. The number of benzene rings is 1. The lowest BCUT2D eigenvalue weighted by molar-refractivity contribution is 0.0930. The lowest BCUT2D eigenvalue weighted by Gasteiger charge is -2.33. The molecule has 1 N–H and O–H groups in total. The number of aromatic nitrogens is 2. The van der Waals surface area contributed by atoms with E-state index in [9.17, 15) is 4.79 Å². The van der Waals surface area contributed by atoms with Crippen molar-refractivity contribution in [2.75, 3.05) is 32.2 Å². The Kier molecular flexibility index (Phi) is 5.33. The van der Waals surface area contributed by atoms with Crippen molar-refractivity contribution in [3.8, 4) is 11.5 Å². The fourth-order valence-electron chi connectivity index (χ4n) is 2.98. The maximum atomic E-state index is 12.7. The van der Waals surface area contributed by atoms with E-state index in [1.54, 1.807) is 50.9 Å². The number of ether oxygens (including phenoxy) is 2. The molecule has 2 aromatic rings. The summed E-state index contributed by atoms with van der Waals surface area (Å²) in [6.45, 7) is 1.58. The molecule has 0 unspecified atom stereocenters. The molecule has 0 aliphatic carbocycles. The second-order valence-electron chi connectivity index (χ2n) is 5.87. The van der Waals surface area contributed by atoms with Gasteiger partial charge in [-0.25, -0.2) is 9.97 Å². The van der Waals surface area contributed by atoms with Gasteiger partial charge in [-0.1, -0.05) is 0 Å². The number of nitrogens with zero attached hydrogens (tertiary/aromatic N) is 3. The highest BCUT2D eigenvalue weighted by molar-refractivity contribution is 5.97. The molecule has 7 heteroatoms. The van der Waals surface area contributed by atoms with Crippen molar-refractivity contribution in [2.45, 2.75) is 18.9 Å². The molecule has 7 nitrogen and oxygen atoms in total. The van der Waals surface area contributed by atoms with E-state index in [4.69, 9.17) is 9.47 Å². The van der Waals surface area contributed by atoms with Gasteiger partial charge in [0.1, 0.15) is 11.5 Å². The number of hydrogen-bond acceptors (Lipinski definition) is 6. The second kappa shape index (κ2) is 7.83. The molecule has 25 heavy (non-hydrogen) atoms. The number of hydrogen-bond donors (Lipinski definition) is 1. The Balaban J connectivity index is 1.68. The minimum Gasteiger partial charge on any atom is -0.497 e. The van der Waals surface area contributed by atoms with Gasteiger partial charge in [0.2, 0.25) is 5.95 Å². The van der Waals surface area contributed by atoms with Crippen molar-refractivity contribution in [1.29, 1.82) is 0 Å². The van der Waals surface area contributed by atoms with Crippen LogP contribution in [-0.4, -0.2) is 49.2 Å². The van der Waals surface area contributed by atoms with Gasteiger partial charge in [0.05, 0.1) is 19.8 Å². The Morgan fingerprint density at radius 3 is 2.76 bits per heavy atom. The van der Waals surface area contributed by atoms with Crippen molar-refractivity contribution in [3.63, 3.8) is 0 Å². The normalized spacial score (nSPS) is 17.0. The van der Waals surface area contributed by atoms with Crippen molar-refractivity contribution in [3.05, 3.63) is 42.2 Å². The fraction of sp³-hybridized carbons (Fsp3) is 0.389. The van der Waals surface area contributed by atoms with Crippen LogP contribution in [0.5, 0.6) is 11.5 Å². The number of nitrogens with one attached hydrogen (secondary N) is 1. The monoisotopic (exact) mass is 342 g/mol. The molecule has 132 valence electrons. The molecule has 0 bridgehead atoms. The smallest absolute Gasteiger partial charge is 0.255 e. The summed E-state index contributed by atoms with van der Waals surface area (Å²) in [7, 11) is 3.12. The highest BCUT2D eigenvalue weighted by Crippen LogP contribution is 2.25. The first-order valence-corrected chi connectivity index (χ1v) is 8.26. The number of anilines is 1. The zero-order chi connectivity index (χ0) is 17.6. The maximum absolute atomic E-state index is 12.7. The zero-order valence-corrected chi connectivity index (χ0v) is 14.4. The molecule has 0 spiro atoms. The van der Waals surface area contributed by atoms with E-state index in [1.807, 2.05) is 0 Å². The van der Waals surface area contributed by atoms with Gasteiger partial charge in [0.15, 0.2) is 0 Å². The standard InChI is InChI=1S/C18H22N4O3/c1-24-14-6-7-15(16(11-14)25-2)17(23)21-13-5-3-10-22(12-13)18-19-8-4-9-20-18/h4,6-9,11,13H,3,5,10,12H2,1-2H3,(H,21,23)/t13-/m1/s1. The largest absolute Gasteiger partial charge is 0.497 e. The van der Waals surface area contributed by atoms with Crippen molar-refractivity contribution in [1.82, 2.24) is 15.3 Å². The van der Waals surface area contributed by atoms with Crippen molar-refractivity contribution >= 4 is 11.9 Å². The van der Waals surface area contributed by atoms with Gasteiger partial charge >= 0.3 is 0 Å². The van der Waals surface area contributed by atoms with Crippen LogP contribution in [0.25, 0.3) is 0 Å². The van der Waals surface area contributed by atoms with Crippen LogP contribution >= 0.6 is 0 Å². The van der Waals surface area contributed by atoms with E-state index in [1.165, 1.54) is 0 Å². The highest BCUT2D eigenvalue weighted by Gasteiger charge is 2.24. The number of amides is 1. The lowest BCUT2D eigenvalue weighted by Crippen LogP contribution is -2.48. The Morgan fingerprint density at radius 2 is 2.04 bits per heavy atom. The predicted octanol–water partition coefficient (Wildman–Crippen LogP) is 1.89. The highest BCUT2D eigenvalue weighted by atomic mass is 16.5. The van der Waals surface area contributed by atoms with Crippen LogP contribution in [0.2, 0.25) is 0 Å². The SMILES string of the molecule is COc1ccc(C(=O)N[C@@H]2CCCN(c3ncccn3)C2)c(OC)c1. The zero-order valence-electron chi connectivity index (χ0n) is 14.4. The molecule has 1 saturated heterocycles. The minimum absolute atomic E-state index is 0.0388. The first kappa shape index (κ1) is 17.0. The first-order valence-electron chi connectivity index (χ1n) is 8.26. The Hall–Kier alpha value is -2.83. The molecule has 1 aliphatic heterocycles. The third-order valence-corrected chi connectivity index (χ3v) is 4.24. The molecule has 1 aromatic heterocycles.